The molecule has 0 unspecified atom stereocenters. The van der Waals surface area contributed by atoms with E-state index < -0.39 is 5.97 Å². The highest BCUT2D eigenvalue weighted by Gasteiger charge is 2.06. The molecule has 0 aliphatic heterocycles. The maximum absolute atomic E-state index is 11.5. The van der Waals surface area contributed by atoms with E-state index in [1.807, 2.05) is 0 Å². The Morgan fingerprint density at radius 2 is 2.06 bits per heavy atom. The van der Waals surface area contributed by atoms with E-state index in [-0.39, 0.29) is 6.61 Å². The zero-order valence-electron chi connectivity index (χ0n) is 8.41. The largest absolute Gasteiger partial charge is 0.455 e. The number of hydrogen-bond acceptors (Lipinski definition) is 5. The van der Waals surface area contributed by atoms with Crippen molar-refractivity contribution in [2.24, 2.45) is 0 Å². The summed E-state index contributed by atoms with van der Waals surface area (Å²) in [6, 6.07) is 3.32. The van der Waals surface area contributed by atoms with Crippen molar-refractivity contribution in [2.45, 2.75) is 6.61 Å². The monoisotopic (exact) mass is 215 g/mol. The molecule has 0 radical (unpaired) electrons. The SMILES string of the molecule is O=C(OCc1cnccn1)c1cccnc1. The van der Waals surface area contributed by atoms with Gasteiger partial charge >= 0.3 is 5.97 Å². The third-order valence-corrected chi connectivity index (χ3v) is 1.87. The molecular weight excluding hydrogens is 206 g/mol. The first-order valence-electron chi connectivity index (χ1n) is 4.68. The van der Waals surface area contributed by atoms with E-state index in [0.29, 0.717) is 11.3 Å². The zero-order chi connectivity index (χ0) is 11.2. The highest BCUT2D eigenvalue weighted by atomic mass is 16.5. The highest BCUT2D eigenvalue weighted by Crippen LogP contribution is 2.01. The van der Waals surface area contributed by atoms with E-state index in [0.717, 1.165) is 0 Å². The number of nitrogens with zero attached hydrogens (tertiary/aromatic N) is 3. The Labute approximate surface area is 92.2 Å². The van der Waals surface area contributed by atoms with Gasteiger partial charge in [-0.25, -0.2) is 4.79 Å². The summed E-state index contributed by atoms with van der Waals surface area (Å²) >= 11 is 0. The van der Waals surface area contributed by atoms with Gasteiger partial charge in [-0.2, -0.15) is 0 Å². The summed E-state index contributed by atoms with van der Waals surface area (Å²) in [4.78, 5) is 23.2. The Balaban J connectivity index is 1.95. The predicted molar refractivity (Wildman–Crippen MR) is 55.4 cm³/mol. The summed E-state index contributed by atoms with van der Waals surface area (Å²) in [6.07, 6.45) is 7.72. The number of carbonyl (C=O) groups is 1. The number of ether oxygens (including phenoxy) is 1. The molecule has 5 heteroatoms. The fourth-order valence-electron chi connectivity index (χ4n) is 1.11. The molecule has 80 valence electrons. The maximum atomic E-state index is 11.5. The van der Waals surface area contributed by atoms with E-state index in [1.165, 1.54) is 6.20 Å². The molecule has 0 atom stereocenters. The number of rotatable bonds is 3. The van der Waals surface area contributed by atoms with Gasteiger partial charge in [0.2, 0.25) is 0 Å². The lowest BCUT2D eigenvalue weighted by Crippen LogP contribution is -2.06. The number of pyridine rings is 1. The molecule has 0 aliphatic rings. The number of aromatic nitrogens is 3. The van der Waals surface area contributed by atoms with Gasteiger partial charge in [0.1, 0.15) is 6.61 Å². The van der Waals surface area contributed by atoms with Gasteiger partial charge in [-0.05, 0) is 12.1 Å². The Morgan fingerprint density at radius 3 is 2.75 bits per heavy atom. The lowest BCUT2D eigenvalue weighted by molar-refractivity contribution is 0.0467. The van der Waals surface area contributed by atoms with Gasteiger partial charge in [0.15, 0.2) is 0 Å². The summed E-state index contributed by atoms with van der Waals surface area (Å²) in [7, 11) is 0. The fourth-order valence-corrected chi connectivity index (χ4v) is 1.11. The summed E-state index contributed by atoms with van der Waals surface area (Å²) in [5.74, 6) is -0.418. The van der Waals surface area contributed by atoms with Crippen molar-refractivity contribution in [3.8, 4) is 0 Å². The van der Waals surface area contributed by atoms with Crippen LogP contribution in [-0.4, -0.2) is 20.9 Å². The van der Waals surface area contributed by atoms with Crippen molar-refractivity contribution < 1.29 is 9.53 Å². The van der Waals surface area contributed by atoms with Crippen molar-refractivity contribution in [3.05, 3.63) is 54.4 Å². The van der Waals surface area contributed by atoms with Gasteiger partial charge in [-0.3, -0.25) is 15.0 Å². The van der Waals surface area contributed by atoms with Crippen molar-refractivity contribution >= 4 is 5.97 Å². The molecule has 2 rings (SSSR count). The first-order chi connectivity index (χ1) is 7.86. The Bertz CT molecular complexity index is 459. The van der Waals surface area contributed by atoms with Crippen LogP contribution in [0, 0.1) is 0 Å². The van der Waals surface area contributed by atoms with Crippen molar-refractivity contribution in [1.29, 1.82) is 0 Å². The van der Waals surface area contributed by atoms with E-state index in [1.54, 1.807) is 36.9 Å². The minimum atomic E-state index is -0.418. The average Bonchev–Trinajstić information content (AvgIpc) is 2.38. The molecule has 0 saturated carbocycles. The van der Waals surface area contributed by atoms with Crippen molar-refractivity contribution in [2.75, 3.05) is 0 Å². The molecule has 2 aromatic rings. The molecule has 16 heavy (non-hydrogen) atoms. The number of hydrogen-bond donors (Lipinski definition) is 0. The molecule has 0 amide bonds. The van der Waals surface area contributed by atoms with E-state index >= 15 is 0 Å². The molecule has 0 aromatic carbocycles. The summed E-state index contributed by atoms with van der Waals surface area (Å²) in [5, 5.41) is 0. The second kappa shape index (κ2) is 4.97. The molecule has 0 fully saturated rings. The van der Waals surface area contributed by atoms with Crippen molar-refractivity contribution in [1.82, 2.24) is 15.0 Å². The van der Waals surface area contributed by atoms with Crippen LogP contribution < -0.4 is 0 Å². The average molecular weight is 215 g/mol. The lowest BCUT2D eigenvalue weighted by Gasteiger charge is -2.02. The van der Waals surface area contributed by atoms with Crippen LogP contribution in [0.4, 0.5) is 0 Å². The minimum absolute atomic E-state index is 0.113. The lowest BCUT2D eigenvalue weighted by atomic mass is 10.3. The zero-order valence-corrected chi connectivity index (χ0v) is 8.41. The topological polar surface area (TPSA) is 65.0 Å². The second-order valence-electron chi connectivity index (χ2n) is 3.01. The Kier molecular flexibility index (Phi) is 3.18. The first-order valence-corrected chi connectivity index (χ1v) is 4.68. The summed E-state index contributed by atoms with van der Waals surface area (Å²) < 4.78 is 5.03. The van der Waals surface area contributed by atoms with Crippen molar-refractivity contribution in [3.63, 3.8) is 0 Å². The van der Waals surface area contributed by atoms with E-state index in [2.05, 4.69) is 15.0 Å². The van der Waals surface area contributed by atoms with Gasteiger partial charge in [0, 0.05) is 24.8 Å². The van der Waals surface area contributed by atoms with E-state index in [4.69, 9.17) is 4.74 Å². The third-order valence-electron chi connectivity index (χ3n) is 1.87. The second-order valence-corrected chi connectivity index (χ2v) is 3.01. The van der Waals surface area contributed by atoms with E-state index in [9.17, 15) is 4.79 Å². The van der Waals surface area contributed by atoms with Crippen LogP contribution in [0.1, 0.15) is 16.1 Å². The number of carbonyl (C=O) groups excluding carboxylic acids is 1. The Morgan fingerprint density at radius 1 is 1.19 bits per heavy atom. The smallest absolute Gasteiger partial charge is 0.340 e. The molecule has 0 saturated heterocycles. The molecule has 2 heterocycles. The standard InChI is InChI=1S/C11H9N3O2/c15-11(9-2-1-3-12-6-9)16-8-10-7-13-4-5-14-10/h1-7H,8H2. The van der Waals surface area contributed by atoms with Gasteiger partial charge in [-0.15, -0.1) is 0 Å². The molecule has 0 spiro atoms. The van der Waals surface area contributed by atoms with Gasteiger partial charge in [0.25, 0.3) is 0 Å². The molecule has 0 bridgehead atoms. The molecule has 5 nitrogen and oxygen atoms in total. The van der Waals surface area contributed by atoms with Crippen LogP contribution in [0.3, 0.4) is 0 Å². The third kappa shape index (κ3) is 2.60. The first kappa shape index (κ1) is 10.2. The Hall–Kier alpha value is -2.30. The molecular formula is C11H9N3O2. The minimum Gasteiger partial charge on any atom is -0.455 e. The van der Waals surface area contributed by atoms with Crippen LogP contribution in [0.2, 0.25) is 0 Å². The number of esters is 1. The predicted octanol–water partition coefficient (Wildman–Crippen LogP) is 1.23. The summed E-state index contributed by atoms with van der Waals surface area (Å²) in [6.45, 7) is 0.113. The fraction of sp³-hybridized carbons (Fsp3) is 0.0909. The normalized spacial score (nSPS) is 9.75. The van der Waals surface area contributed by atoms with Crippen LogP contribution in [0.5, 0.6) is 0 Å². The quantitative estimate of drug-likeness (QED) is 0.720. The highest BCUT2D eigenvalue weighted by molar-refractivity contribution is 5.88. The molecule has 0 N–H and O–H groups in total. The van der Waals surface area contributed by atoms with Crippen LogP contribution in [0.15, 0.2) is 43.1 Å². The molecule has 2 aromatic heterocycles. The van der Waals surface area contributed by atoms with Crippen LogP contribution in [0.25, 0.3) is 0 Å². The van der Waals surface area contributed by atoms with Gasteiger partial charge in [0.05, 0.1) is 17.5 Å². The van der Waals surface area contributed by atoms with Crippen LogP contribution in [-0.2, 0) is 11.3 Å². The molecule has 0 aliphatic carbocycles. The maximum Gasteiger partial charge on any atom is 0.340 e. The van der Waals surface area contributed by atoms with Gasteiger partial charge < -0.3 is 4.74 Å². The summed E-state index contributed by atoms with van der Waals surface area (Å²) in [5.41, 5.74) is 1.03. The van der Waals surface area contributed by atoms with Gasteiger partial charge in [-0.1, -0.05) is 0 Å². The van der Waals surface area contributed by atoms with Crippen LogP contribution >= 0.6 is 0 Å².